The van der Waals surface area contributed by atoms with Crippen LogP contribution in [0.5, 0.6) is 5.75 Å². The summed E-state index contributed by atoms with van der Waals surface area (Å²) < 4.78 is 0.835. The minimum Gasteiger partial charge on any atom is -0.507 e. The molecule has 0 saturated carbocycles. The molecular formula is C9H7BrN2OS. The molecule has 0 aliphatic heterocycles. The predicted molar refractivity (Wildman–Crippen MR) is 61.3 cm³/mol. The van der Waals surface area contributed by atoms with E-state index in [0.29, 0.717) is 16.4 Å². The summed E-state index contributed by atoms with van der Waals surface area (Å²) in [5.41, 5.74) is 6.91. The zero-order chi connectivity index (χ0) is 10.1. The highest BCUT2D eigenvalue weighted by Crippen LogP contribution is 2.32. The number of thiazole rings is 1. The van der Waals surface area contributed by atoms with Gasteiger partial charge < -0.3 is 10.8 Å². The van der Waals surface area contributed by atoms with Crippen LogP contribution in [-0.4, -0.2) is 10.1 Å². The van der Waals surface area contributed by atoms with E-state index in [1.54, 1.807) is 12.1 Å². The summed E-state index contributed by atoms with van der Waals surface area (Å²) in [5.74, 6) is 0.199. The molecule has 2 rings (SSSR count). The number of aromatic nitrogens is 1. The van der Waals surface area contributed by atoms with Crippen LogP contribution in [0.1, 0.15) is 0 Å². The molecule has 0 atom stereocenters. The molecule has 0 unspecified atom stereocenters. The Bertz CT molecular complexity index is 470. The number of nitrogens with two attached hydrogens (primary N) is 1. The van der Waals surface area contributed by atoms with Crippen LogP contribution in [0.25, 0.3) is 11.3 Å². The van der Waals surface area contributed by atoms with E-state index < -0.39 is 0 Å². The zero-order valence-electron chi connectivity index (χ0n) is 7.07. The Balaban J connectivity index is 2.52. The summed E-state index contributed by atoms with van der Waals surface area (Å²) in [6.45, 7) is 0. The number of hydrogen-bond donors (Lipinski definition) is 2. The number of phenolic OH excluding ortho intramolecular Hbond substituents is 1. The molecule has 0 aliphatic rings. The highest BCUT2D eigenvalue weighted by atomic mass is 79.9. The monoisotopic (exact) mass is 270 g/mol. The van der Waals surface area contributed by atoms with E-state index in [-0.39, 0.29) is 5.75 Å². The molecule has 0 bridgehead atoms. The molecular weight excluding hydrogens is 264 g/mol. The number of benzene rings is 1. The van der Waals surface area contributed by atoms with E-state index in [1.807, 2.05) is 11.4 Å². The fraction of sp³-hybridized carbons (Fsp3) is 0. The third kappa shape index (κ3) is 1.73. The van der Waals surface area contributed by atoms with E-state index in [0.717, 1.165) is 4.47 Å². The lowest BCUT2D eigenvalue weighted by Gasteiger charge is -2.00. The number of aromatic hydroxyl groups is 1. The van der Waals surface area contributed by atoms with Crippen molar-refractivity contribution in [3.8, 4) is 17.0 Å². The number of halogens is 1. The molecule has 1 heterocycles. The Morgan fingerprint density at radius 1 is 1.43 bits per heavy atom. The van der Waals surface area contributed by atoms with Crippen molar-refractivity contribution in [2.75, 3.05) is 5.73 Å². The van der Waals surface area contributed by atoms with E-state index in [1.165, 1.54) is 11.3 Å². The van der Waals surface area contributed by atoms with Crippen molar-refractivity contribution in [1.29, 1.82) is 0 Å². The fourth-order valence-electron chi connectivity index (χ4n) is 1.13. The second-order valence-corrected chi connectivity index (χ2v) is 4.54. The minimum absolute atomic E-state index is 0.199. The van der Waals surface area contributed by atoms with Gasteiger partial charge in [-0.1, -0.05) is 15.9 Å². The molecule has 3 nitrogen and oxygen atoms in total. The Kier molecular flexibility index (Phi) is 2.43. The number of nitrogen functional groups attached to an aromatic ring is 1. The first-order chi connectivity index (χ1) is 6.66. The zero-order valence-corrected chi connectivity index (χ0v) is 9.47. The largest absolute Gasteiger partial charge is 0.507 e. The van der Waals surface area contributed by atoms with Gasteiger partial charge in [-0.25, -0.2) is 4.98 Å². The van der Waals surface area contributed by atoms with Crippen molar-refractivity contribution in [1.82, 2.24) is 4.98 Å². The topological polar surface area (TPSA) is 59.1 Å². The van der Waals surface area contributed by atoms with Crippen LogP contribution in [0.2, 0.25) is 0 Å². The van der Waals surface area contributed by atoms with Gasteiger partial charge in [0.2, 0.25) is 0 Å². The van der Waals surface area contributed by atoms with Gasteiger partial charge in [0.25, 0.3) is 0 Å². The van der Waals surface area contributed by atoms with Gasteiger partial charge in [-0.3, -0.25) is 0 Å². The maximum absolute atomic E-state index is 9.65. The van der Waals surface area contributed by atoms with E-state index in [4.69, 9.17) is 5.73 Å². The Hall–Kier alpha value is -1.07. The number of rotatable bonds is 1. The van der Waals surface area contributed by atoms with E-state index in [2.05, 4.69) is 20.9 Å². The maximum atomic E-state index is 9.65. The third-order valence-electron chi connectivity index (χ3n) is 1.76. The summed E-state index contributed by atoms with van der Waals surface area (Å²) in [5, 5.41) is 12.0. The lowest BCUT2D eigenvalue weighted by Crippen LogP contribution is -1.83. The van der Waals surface area contributed by atoms with Crippen molar-refractivity contribution in [3.63, 3.8) is 0 Å². The molecule has 0 spiro atoms. The first kappa shape index (κ1) is 9.48. The average Bonchev–Trinajstić information content (AvgIpc) is 2.51. The average molecular weight is 271 g/mol. The van der Waals surface area contributed by atoms with Crippen molar-refractivity contribution >= 4 is 32.4 Å². The molecule has 14 heavy (non-hydrogen) atoms. The molecule has 5 heteroatoms. The minimum atomic E-state index is 0.199. The molecule has 0 saturated heterocycles. The highest BCUT2D eigenvalue weighted by Gasteiger charge is 2.07. The number of phenols is 1. The van der Waals surface area contributed by atoms with Crippen LogP contribution in [0.3, 0.4) is 0 Å². The second-order valence-electron chi connectivity index (χ2n) is 2.73. The van der Waals surface area contributed by atoms with Crippen LogP contribution in [0.4, 0.5) is 5.13 Å². The number of nitrogens with zero attached hydrogens (tertiary/aromatic N) is 1. The quantitative estimate of drug-likeness (QED) is 0.838. The molecule has 0 radical (unpaired) electrons. The lowest BCUT2D eigenvalue weighted by atomic mass is 10.1. The molecule has 1 aromatic carbocycles. The van der Waals surface area contributed by atoms with Gasteiger partial charge in [0.1, 0.15) is 5.75 Å². The van der Waals surface area contributed by atoms with Gasteiger partial charge in [0.05, 0.1) is 5.69 Å². The van der Waals surface area contributed by atoms with Crippen molar-refractivity contribution < 1.29 is 5.11 Å². The Labute approximate surface area is 93.4 Å². The van der Waals surface area contributed by atoms with E-state index in [9.17, 15) is 5.11 Å². The number of hydrogen-bond acceptors (Lipinski definition) is 4. The van der Waals surface area contributed by atoms with Gasteiger partial charge in [-0.15, -0.1) is 11.3 Å². The summed E-state index contributed by atoms with van der Waals surface area (Å²) in [6.07, 6.45) is 0. The summed E-state index contributed by atoms with van der Waals surface area (Å²) in [6, 6.07) is 5.28. The van der Waals surface area contributed by atoms with Crippen LogP contribution in [0.15, 0.2) is 28.1 Å². The Morgan fingerprint density at radius 3 is 2.79 bits per heavy atom. The molecule has 0 fully saturated rings. The first-order valence-electron chi connectivity index (χ1n) is 3.87. The predicted octanol–water partition coefficient (Wildman–Crippen LogP) is 2.86. The van der Waals surface area contributed by atoms with Crippen LogP contribution >= 0.6 is 27.3 Å². The van der Waals surface area contributed by atoms with Gasteiger partial charge in [-0.2, -0.15) is 0 Å². The normalized spacial score (nSPS) is 10.4. The molecule has 3 N–H and O–H groups in total. The van der Waals surface area contributed by atoms with Crippen LogP contribution < -0.4 is 5.73 Å². The van der Waals surface area contributed by atoms with Gasteiger partial charge in [0.15, 0.2) is 5.13 Å². The van der Waals surface area contributed by atoms with Gasteiger partial charge in [0, 0.05) is 15.4 Å². The molecule has 72 valence electrons. The van der Waals surface area contributed by atoms with E-state index >= 15 is 0 Å². The summed E-state index contributed by atoms with van der Waals surface area (Å²) >= 11 is 4.63. The molecule has 1 aromatic heterocycles. The van der Waals surface area contributed by atoms with Gasteiger partial charge >= 0.3 is 0 Å². The summed E-state index contributed by atoms with van der Waals surface area (Å²) in [4.78, 5) is 4.09. The molecule has 0 amide bonds. The molecule has 2 aromatic rings. The number of anilines is 1. The smallest absolute Gasteiger partial charge is 0.180 e. The fourth-order valence-corrected chi connectivity index (χ4v) is 2.04. The SMILES string of the molecule is Nc1nc(-c2ccc(Br)cc2O)cs1. The van der Waals surface area contributed by atoms with Crippen LogP contribution in [0, 0.1) is 0 Å². The standard InChI is InChI=1S/C9H7BrN2OS/c10-5-1-2-6(8(13)3-5)7-4-14-9(11)12-7/h1-4,13H,(H2,11,12). The van der Waals surface area contributed by atoms with Crippen molar-refractivity contribution in [2.45, 2.75) is 0 Å². The van der Waals surface area contributed by atoms with Crippen LogP contribution in [-0.2, 0) is 0 Å². The van der Waals surface area contributed by atoms with Crippen molar-refractivity contribution in [3.05, 3.63) is 28.1 Å². The maximum Gasteiger partial charge on any atom is 0.180 e. The first-order valence-corrected chi connectivity index (χ1v) is 5.54. The highest BCUT2D eigenvalue weighted by molar-refractivity contribution is 9.10. The summed E-state index contributed by atoms with van der Waals surface area (Å²) in [7, 11) is 0. The second kappa shape index (κ2) is 3.59. The third-order valence-corrected chi connectivity index (χ3v) is 2.92. The van der Waals surface area contributed by atoms with Crippen molar-refractivity contribution in [2.24, 2.45) is 0 Å². The van der Waals surface area contributed by atoms with Gasteiger partial charge in [-0.05, 0) is 18.2 Å². The Morgan fingerprint density at radius 2 is 2.21 bits per heavy atom. The lowest BCUT2D eigenvalue weighted by molar-refractivity contribution is 0.477. The molecule has 0 aliphatic carbocycles.